The van der Waals surface area contributed by atoms with Crippen molar-refractivity contribution in [1.82, 2.24) is 14.8 Å². The molecule has 0 spiro atoms. The fourth-order valence-electron chi connectivity index (χ4n) is 3.26. The largest absolute Gasteiger partial charge is 0.381 e. The lowest BCUT2D eigenvalue weighted by Crippen LogP contribution is -2.36. The Kier molecular flexibility index (Phi) is 4.84. The molecule has 1 aliphatic rings. The van der Waals surface area contributed by atoms with Crippen molar-refractivity contribution in [1.29, 1.82) is 0 Å². The number of hydrogen-bond acceptors (Lipinski definition) is 5. The fraction of sp³-hybridized carbons (Fsp3) is 0.300. The first-order valence-electron chi connectivity index (χ1n) is 8.91. The highest BCUT2D eigenvalue weighted by atomic mass is 16.5. The van der Waals surface area contributed by atoms with Gasteiger partial charge in [-0.15, -0.1) is 0 Å². The van der Waals surface area contributed by atoms with E-state index < -0.39 is 0 Å². The first kappa shape index (κ1) is 16.6. The molecule has 1 saturated heterocycles. The van der Waals surface area contributed by atoms with Crippen LogP contribution in [0.4, 0.5) is 11.4 Å². The predicted octanol–water partition coefficient (Wildman–Crippen LogP) is 3.02. The first-order chi connectivity index (χ1) is 12.8. The van der Waals surface area contributed by atoms with Crippen molar-refractivity contribution in [3.63, 3.8) is 0 Å². The van der Waals surface area contributed by atoms with E-state index in [0.717, 1.165) is 44.2 Å². The molecule has 2 aromatic carbocycles. The highest BCUT2D eigenvalue weighted by Crippen LogP contribution is 2.21. The number of aromatic nitrogens is 3. The van der Waals surface area contributed by atoms with E-state index in [2.05, 4.69) is 69.7 Å². The zero-order valence-electron chi connectivity index (χ0n) is 14.9. The van der Waals surface area contributed by atoms with Crippen molar-refractivity contribution in [2.45, 2.75) is 13.5 Å². The Morgan fingerprint density at radius 1 is 1.12 bits per heavy atom. The van der Waals surface area contributed by atoms with Crippen LogP contribution in [-0.4, -0.2) is 41.1 Å². The van der Waals surface area contributed by atoms with Gasteiger partial charge in [-0.2, -0.15) is 5.10 Å². The third kappa shape index (κ3) is 3.70. The normalized spacial score (nSPS) is 14.4. The summed E-state index contributed by atoms with van der Waals surface area (Å²) in [6, 6.07) is 15.0. The van der Waals surface area contributed by atoms with Gasteiger partial charge in [0.05, 0.1) is 18.9 Å². The second-order valence-corrected chi connectivity index (χ2v) is 6.46. The van der Waals surface area contributed by atoms with Crippen molar-refractivity contribution in [3.8, 4) is 5.69 Å². The second-order valence-electron chi connectivity index (χ2n) is 6.46. The monoisotopic (exact) mass is 349 g/mol. The lowest BCUT2D eigenvalue weighted by atomic mass is 10.1. The standard InChI is InChI=1S/C20H23N5O/c1-16-11-17(5-6-20(16)25-15-21-14-23-25)13-22-18-3-2-4-19(12-18)24-7-9-26-10-8-24/h2-6,11-12,14-15,22H,7-10,13H2,1H3. The van der Waals surface area contributed by atoms with E-state index >= 15 is 0 Å². The van der Waals surface area contributed by atoms with Gasteiger partial charge in [0, 0.05) is 31.0 Å². The van der Waals surface area contributed by atoms with Gasteiger partial charge in [0.1, 0.15) is 12.7 Å². The topological polar surface area (TPSA) is 55.2 Å². The molecular weight excluding hydrogens is 326 g/mol. The van der Waals surface area contributed by atoms with Crippen LogP contribution < -0.4 is 10.2 Å². The molecule has 6 nitrogen and oxygen atoms in total. The zero-order chi connectivity index (χ0) is 17.8. The molecule has 134 valence electrons. The lowest BCUT2D eigenvalue weighted by Gasteiger charge is -2.29. The third-order valence-electron chi connectivity index (χ3n) is 4.65. The number of rotatable bonds is 5. The maximum Gasteiger partial charge on any atom is 0.138 e. The van der Waals surface area contributed by atoms with Crippen molar-refractivity contribution < 1.29 is 4.74 Å². The third-order valence-corrected chi connectivity index (χ3v) is 4.65. The van der Waals surface area contributed by atoms with Gasteiger partial charge in [0.2, 0.25) is 0 Å². The number of ether oxygens (including phenoxy) is 1. The zero-order valence-corrected chi connectivity index (χ0v) is 14.9. The first-order valence-corrected chi connectivity index (χ1v) is 8.91. The van der Waals surface area contributed by atoms with Crippen LogP contribution in [0.15, 0.2) is 55.1 Å². The van der Waals surface area contributed by atoms with E-state index in [-0.39, 0.29) is 0 Å². The summed E-state index contributed by atoms with van der Waals surface area (Å²) in [6.07, 6.45) is 3.27. The highest BCUT2D eigenvalue weighted by molar-refractivity contribution is 5.58. The van der Waals surface area contributed by atoms with Crippen LogP contribution in [0.5, 0.6) is 0 Å². The molecule has 0 bridgehead atoms. The number of hydrogen-bond donors (Lipinski definition) is 1. The van der Waals surface area contributed by atoms with Crippen LogP contribution >= 0.6 is 0 Å². The highest BCUT2D eigenvalue weighted by Gasteiger charge is 2.11. The Morgan fingerprint density at radius 2 is 2.00 bits per heavy atom. The SMILES string of the molecule is Cc1cc(CNc2cccc(N3CCOCC3)c2)ccc1-n1cncn1. The molecule has 0 aliphatic carbocycles. The molecule has 2 heterocycles. The molecule has 1 aromatic heterocycles. The molecule has 1 aliphatic heterocycles. The van der Waals surface area contributed by atoms with Crippen LogP contribution in [0, 0.1) is 6.92 Å². The van der Waals surface area contributed by atoms with Crippen LogP contribution in [-0.2, 0) is 11.3 Å². The molecule has 0 atom stereocenters. The molecule has 4 rings (SSSR count). The predicted molar refractivity (Wildman–Crippen MR) is 103 cm³/mol. The van der Waals surface area contributed by atoms with E-state index in [1.165, 1.54) is 16.8 Å². The number of anilines is 2. The van der Waals surface area contributed by atoms with Crippen molar-refractivity contribution in [2.75, 3.05) is 36.5 Å². The molecule has 1 N–H and O–H groups in total. The summed E-state index contributed by atoms with van der Waals surface area (Å²) in [4.78, 5) is 6.38. The van der Waals surface area contributed by atoms with Crippen LogP contribution in [0.1, 0.15) is 11.1 Å². The van der Waals surface area contributed by atoms with E-state index in [9.17, 15) is 0 Å². The number of nitrogens with zero attached hydrogens (tertiary/aromatic N) is 4. The van der Waals surface area contributed by atoms with Gasteiger partial charge in [-0.3, -0.25) is 0 Å². The van der Waals surface area contributed by atoms with Gasteiger partial charge in [-0.1, -0.05) is 18.2 Å². The van der Waals surface area contributed by atoms with E-state index in [1.54, 1.807) is 17.3 Å². The second kappa shape index (κ2) is 7.58. The smallest absolute Gasteiger partial charge is 0.138 e. The van der Waals surface area contributed by atoms with Crippen molar-refractivity contribution in [3.05, 3.63) is 66.2 Å². The number of nitrogens with one attached hydrogen (secondary N) is 1. The molecule has 3 aromatic rings. The minimum absolute atomic E-state index is 0.783. The summed E-state index contributed by atoms with van der Waals surface area (Å²) in [5.41, 5.74) is 5.85. The maximum absolute atomic E-state index is 5.44. The van der Waals surface area contributed by atoms with Gasteiger partial charge in [-0.05, 0) is 42.3 Å². The molecule has 0 amide bonds. The lowest BCUT2D eigenvalue weighted by molar-refractivity contribution is 0.122. The molecule has 6 heteroatoms. The summed E-state index contributed by atoms with van der Waals surface area (Å²) >= 11 is 0. The van der Waals surface area contributed by atoms with E-state index in [4.69, 9.17) is 4.74 Å². The van der Waals surface area contributed by atoms with Crippen LogP contribution in [0.2, 0.25) is 0 Å². The maximum atomic E-state index is 5.44. The van der Waals surface area contributed by atoms with E-state index in [0.29, 0.717) is 0 Å². The summed E-state index contributed by atoms with van der Waals surface area (Å²) < 4.78 is 7.23. The van der Waals surface area contributed by atoms with Crippen molar-refractivity contribution >= 4 is 11.4 Å². The van der Waals surface area contributed by atoms with Gasteiger partial charge in [-0.25, -0.2) is 9.67 Å². The van der Waals surface area contributed by atoms with Gasteiger partial charge >= 0.3 is 0 Å². The average Bonchev–Trinajstić information content (AvgIpc) is 3.22. The number of benzene rings is 2. The summed E-state index contributed by atoms with van der Waals surface area (Å²) in [7, 11) is 0. The Balaban J connectivity index is 1.43. The minimum Gasteiger partial charge on any atom is -0.381 e. The molecule has 0 radical (unpaired) electrons. The van der Waals surface area contributed by atoms with Gasteiger partial charge in [0.15, 0.2) is 0 Å². The average molecular weight is 349 g/mol. The Bertz CT molecular complexity index is 856. The molecule has 0 unspecified atom stereocenters. The Morgan fingerprint density at radius 3 is 2.77 bits per heavy atom. The summed E-state index contributed by atoms with van der Waals surface area (Å²) in [5.74, 6) is 0. The molecule has 0 saturated carbocycles. The fourth-order valence-corrected chi connectivity index (χ4v) is 3.26. The van der Waals surface area contributed by atoms with Gasteiger partial charge < -0.3 is 15.0 Å². The summed E-state index contributed by atoms with van der Waals surface area (Å²) in [5, 5.41) is 7.73. The van der Waals surface area contributed by atoms with Gasteiger partial charge in [0.25, 0.3) is 0 Å². The quantitative estimate of drug-likeness (QED) is 0.767. The summed E-state index contributed by atoms with van der Waals surface area (Å²) in [6.45, 7) is 6.38. The van der Waals surface area contributed by atoms with Crippen molar-refractivity contribution in [2.24, 2.45) is 0 Å². The number of morpholine rings is 1. The molecule has 1 fully saturated rings. The number of aryl methyl sites for hydroxylation is 1. The molecular formula is C20H23N5O. The Hall–Kier alpha value is -2.86. The Labute approximate surface area is 153 Å². The van der Waals surface area contributed by atoms with Crippen LogP contribution in [0.3, 0.4) is 0 Å². The molecule has 26 heavy (non-hydrogen) atoms. The minimum atomic E-state index is 0.783. The van der Waals surface area contributed by atoms with E-state index in [1.807, 2.05) is 0 Å². The van der Waals surface area contributed by atoms with Crippen LogP contribution in [0.25, 0.3) is 5.69 Å².